The molecular weight excluding hydrogens is 424 g/mol. The van der Waals surface area contributed by atoms with Crippen molar-refractivity contribution in [3.8, 4) is 11.4 Å². The third-order valence-electron chi connectivity index (χ3n) is 3.88. The Kier molecular flexibility index (Phi) is 6.09. The van der Waals surface area contributed by atoms with Gasteiger partial charge in [0.1, 0.15) is 5.69 Å². The first-order valence-corrected chi connectivity index (χ1v) is 10.7. The van der Waals surface area contributed by atoms with Crippen LogP contribution in [0.1, 0.15) is 10.4 Å². The number of nitrogens with zero attached hydrogens (tertiary/aromatic N) is 2. The highest BCUT2D eigenvalue weighted by molar-refractivity contribution is 8.00. The second kappa shape index (κ2) is 9.09. The summed E-state index contributed by atoms with van der Waals surface area (Å²) in [5.41, 5.74) is 2.99. The number of rotatable bonds is 6. The fraction of sp³-hybridized carbons (Fsp3) is 0. The van der Waals surface area contributed by atoms with E-state index in [9.17, 15) is 4.79 Å². The summed E-state index contributed by atoms with van der Waals surface area (Å²) >= 11 is 8.80. The number of carbonyl (C=O) groups excluding carboxylic acids is 1. The van der Waals surface area contributed by atoms with Crippen LogP contribution in [0.5, 0.6) is 0 Å². The average molecular weight is 439 g/mol. The molecule has 2 heterocycles. The fourth-order valence-electron chi connectivity index (χ4n) is 2.48. The molecule has 4 aromatic rings. The number of halogens is 1. The van der Waals surface area contributed by atoms with Crippen LogP contribution in [0, 0.1) is 0 Å². The van der Waals surface area contributed by atoms with Crippen LogP contribution in [0.3, 0.4) is 0 Å². The zero-order valence-corrected chi connectivity index (χ0v) is 17.4. The summed E-state index contributed by atoms with van der Waals surface area (Å²) in [6.07, 6.45) is 1.72. The predicted octanol–water partition coefficient (Wildman–Crippen LogP) is 6.23. The number of aromatic nitrogens is 2. The summed E-state index contributed by atoms with van der Waals surface area (Å²) in [6, 6.07) is 20.5. The van der Waals surface area contributed by atoms with E-state index in [0.29, 0.717) is 15.7 Å². The number of anilines is 2. The molecule has 2 N–H and O–H groups in total. The maximum atomic E-state index is 12.5. The molecule has 0 fully saturated rings. The number of hydrogen-bond donors (Lipinski definition) is 2. The molecule has 1 amide bonds. The molecule has 0 saturated heterocycles. The summed E-state index contributed by atoms with van der Waals surface area (Å²) < 4.78 is 3.23. The standard InChI is InChI=1S/C21H15ClN4OS2/c22-15-4-3-5-16(12-15)26-29-17-9-7-14(8-10-17)20(27)25-21-24-19(13-28-21)18-6-1-2-11-23-18/h1-13,26H,(H,24,25,27). The third kappa shape index (κ3) is 5.14. The van der Waals surface area contributed by atoms with Gasteiger partial charge in [0.2, 0.25) is 0 Å². The molecule has 5 nitrogen and oxygen atoms in total. The van der Waals surface area contributed by atoms with Crippen molar-refractivity contribution in [1.29, 1.82) is 0 Å². The first-order valence-electron chi connectivity index (χ1n) is 8.64. The number of benzene rings is 2. The average Bonchev–Trinajstić information content (AvgIpc) is 3.22. The summed E-state index contributed by atoms with van der Waals surface area (Å²) in [5, 5.41) is 5.93. The van der Waals surface area contributed by atoms with Gasteiger partial charge in [0, 0.05) is 32.7 Å². The van der Waals surface area contributed by atoms with Crippen LogP contribution in [0.2, 0.25) is 5.02 Å². The van der Waals surface area contributed by atoms with Crippen molar-refractivity contribution < 1.29 is 4.79 Å². The molecule has 0 bridgehead atoms. The van der Waals surface area contributed by atoms with Crippen LogP contribution in [0.25, 0.3) is 11.4 Å². The highest BCUT2D eigenvalue weighted by atomic mass is 35.5. The van der Waals surface area contributed by atoms with Crippen LogP contribution in [-0.4, -0.2) is 15.9 Å². The zero-order valence-electron chi connectivity index (χ0n) is 15.0. The van der Waals surface area contributed by atoms with E-state index >= 15 is 0 Å². The van der Waals surface area contributed by atoms with Crippen molar-refractivity contribution in [2.24, 2.45) is 0 Å². The number of pyridine rings is 1. The summed E-state index contributed by atoms with van der Waals surface area (Å²) in [7, 11) is 0. The number of amides is 1. The quantitative estimate of drug-likeness (QED) is 0.349. The lowest BCUT2D eigenvalue weighted by Gasteiger charge is -2.07. The van der Waals surface area contributed by atoms with Crippen LogP contribution in [0.15, 0.2) is 83.2 Å². The van der Waals surface area contributed by atoms with Gasteiger partial charge in [-0.2, -0.15) is 0 Å². The molecule has 4 rings (SSSR count). The summed E-state index contributed by atoms with van der Waals surface area (Å²) in [4.78, 5) is 22.2. The van der Waals surface area contributed by atoms with Crippen molar-refractivity contribution in [2.75, 3.05) is 10.0 Å². The second-order valence-corrected chi connectivity index (χ2v) is 8.12. The lowest BCUT2D eigenvalue weighted by molar-refractivity contribution is 0.102. The van der Waals surface area contributed by atoms with E-state index in [1.807, 2.05) is 60.0 Å². The van der Waals surface area contributed by atoms with Crippen molar-refractivity contribution in [1.82, 2.24) is 9.97 Å². The zero-order chi connectivity index (χ0) is 20.1. The molecule has 0 radical (unpaired) electrons. The Morgan fingerprint density at radius 3 is 2.62 bits per heavy atom. The smallest absolute Gasteiger partial charge is 0.257 e. The molecule has 0 saturated carbocycles. The lowest BCUT2D eigenvalue weighted by Crippen LogP contribution is -2.11. The minimum absolute atomic E-state index is 0.203. The maximum Gasteiger partial charge on any atom is 0.257 e. The Morgan fingerprint density at radius 1 is 1.00 bits per heavy atom. The molecule has 8 heteroatoms. The van der Waals surface area contributed by atoms with Gasteiger partial charge in [0.15, 0.2) is 5.13 Å². The Labute approximate surface area is 181 Å². The molecule has 144 valence electrons. The third-order valence-corrected chi connectivity index (χ3v) is 5.72. The number of hydrogen-bond acceptors (Lipinski definition) is 6. The van der Waals surface area contributed by atoms with Gasteiger partial charge < -0.3 is 4.72 Å². The van der Waals surface area contributed by atoms with Crippen LogP contribution >= 0.6 is 34.9 Å². The number of thiazole rings is 1. The van der Waals surface area contributed by atoms with E-state index in [-0.39, 0.29) is 5.91 Å². The van der Waals surface area contributed by atoms with Crippen LogP contribution in [0.4, 0.5) is 10.8 Å². The van der Waals surface area contributed by atoms with E-state index in [0.717, 1.165) is 22.0 Å². The SMILES string of the molecule is O=C(Nc1nc(-c2ccccn2)cs1)c1ccc(SNc2cccc(Cl)c2)cc1. The molecule has 0 aliphatic carbocycles. The minimum Gasteiger partial charge on any atom is -0.326 e. The van der Waals surface area contributed by atoms with Gasteiger partial charge in [-0.15, -0.1) is 11.3 Å². The summed E-state index contributed by atoms with van der Waals surface area (Å²) in [5.74, 6) is -0.203. The molecule has 29 heavy (non-hydrogen) atoms. The van der Waals surface area contributed by atoms with Gasteiger partial charge in [0.05, 0.1) is 5.69 Å². The summed E-state index contributed by atoms with van der Waals surface area (Å²) in [6.45, 7) is 0. The van der Waals surface area contributed by atoms with Crippen molar-refractivity contribution >= 4 is 51.6 Å². The maximum absolute atomic E-state index is 12.5. The molecule has 2 aromatic heterocycles. The highest BCUT2D eigenvalue weighted by Gasteiger charge is 2.10. The largest absolute Gasteiger partial charge is 0.326 e. The normalized spacial score (nSPS) is 10.5. The number of carbonyl (C=O) groups is 1. The van der Waals surface area contributed by atoms with E-state index in [1.54, 1.807) is 18.3 Å². The van der Waals surface area contributed by atoms with Gasteiger partial charge in [-0.3, -0.25) is 15.1 Å². The Balaban J connectivity index is 1.36. The highest BCUT2D eigenvalue weighted by Crippen LogP contribution is 2.25. The molecule has 0 atom stereocenters. The first kappa shape index (κ1) is 19.4. The van der Waals surface area contributed by atoms with Gasteiger partial charge in [-0.1, -0.05) is 23.7 Å². The number of nitrogens with one attached hydrogen (secondary N) is 2. The minimum atomic E-state index is -0.203. The van der Waals surface area contributed by atoms with Crippen molar-refractivity contribution in [3.05, 3.63) is 88.9 Å². The Hall–Kier alpha value is -2.87. The molecule has 0 aliphatic heterocycles. The predicted molar refractivity (Wildman–Crippen MR) is 121 cm³/mol. The van der Waals surface area contributed by atoms with Crippen molar-refractivity contribution in [3.63, 3.8) is 0 Å². The van der Waals surface area contributed by atoms with Gasteiger partial charge in [-0.05, 0) is 66.5 Å². The molecule has 0 aliphatic rings. The molecule has 0 spiro atoms. The fourth-order valence-corrected chi connectivity index (χ4v) is 4.00. The van der Waals surface area contributed by atoms with E-state index < -0.39 is 0 Å². The Bertz CT molecular complexity index is 1120. The van der Waals surface area contributed by atoms with Crippen LogP contribution < -0.4 is 10.0 Å². The van der Waals surface area contributed by atoms with E-state index in [4.69, 9.17) is 11.6 Å². The van der Waals surface area contributed by atoms with E-state index in [1.165, 1.54) is 23.3 Å². The topological polar surface area (TPSA) is 66.9 Å². The first-order chi connectivity index (χ1) is 14.2. The van der Waals surface area contributed by atoms with Gasteiger partial charge in [0.25, 0.3) is 5.91 Å². The van der Waals surface area contributed by atoms with Gasteiger partial charge in [-0.25, -0.2) is 4.98 Å². The second-order valence-electron chi connectivity index (χ2n) is 5.95. The lowest BCUT2D eigenvalue weighted by atomic mass is 10.2. The monoisotopic (exact) mass is 438 g/mol. The van der Waals surface area contributed by atoms with Crippen molar-refractivity contribution in [2.45, 2.75) is 4.90 Å². The van der Waals surface area contributed by atoms with Gasteiger partial charge >= 0.3 is 0 Å². The van der Waals surface area contributed by atoms with Crippen LogP contribution in [-0.2, 0) is 0 Å². The molecular formula is C21H15ClN4OS2. The Morgan fingerprint density at radius 2 is 1.86 bits per heavy atom. The van der Waals surface area contributed by atoms with E-state index in [2.05, 4.69) is 20.0 Å². The molecule has 2 aromatic carbocycles. The molecule has 0 unspecified atom stereocenters.